The second-order valence-electron chi connectivity index (χ2n) is 5.81. The molecule has 0 atom stereocenters. The van der Waals surface area contributed by atoms with Crippen LogP contribution in [-0.2, 0) is 24.3 Å². The Hall–Kier alpha value is -2.56. The van der Waals surface area contributed by atoms with E-state index in [9.17, 15) is 9.59 Å². The van der Waals surface area contributed by atoms with Gasteiger partial charge in [0.1, 0.15) is 6.54 Å². The normalized spacial score (nSPS) is 13.6. The van der Waals surface area contributed by atoms with Gasteiger partial charge in [-0.2, -0.15) is 0 Å². The number of nitrogens with zero attached hydrogens (tertiary/aromatic N) is 2. The van der Waals surface area contributed by atoms with Crippen molar-refractivity contribution in [3.63, 3.8) is 0 Å². The Morgan fingerprint density at radius 3 is 2.74 bits per heavy atom. The van der Waals surface area contributed by atoms with Crippen molar-refractivity contribution in [3.05, 3.63) is 63.6 Å². The molecule has 120 valence electrons. The Kier molecular flexibility index (Phi) is 4.19. The van der Waals surface area contributed by atoms with Crippen LogP contribution in [0.3, 0.4) is 0 Å². The summed E-state index contributed by atoms with van der Waals surface area (Å²) in [6, 6.07) is 9.73. The van der Waals surface area contributed by atoms with Crippen LogP contribution >= 0.6 is 0 Å². The van der Waals surface area contributed by atoms with Crippen LogP contribution in [0.1, 0.15) is 16.8 Å². The first-order valence-electron chi connectivity index (χ1n) is 7.68. The maximum absolute atomic E-state index is 12.6. The standard InChI is InChI=1S/C18H20N2O3/c1-13-9-16(21)17(23-2)11-20(13)12-18(22)19-8-7-14-5-3-4-6-15(14)10-19/h3-6,9,11H,7-8,10,12H2,1-2H3. The molecular formula is C18H20N2O3. The quantitative estimate of drug-likeness (QED) is 0.867. The number of hydrogen-bond donors (Lipinski definition) is 0. The van der Waals surface area contributed by atoms with E-state index < -0.39 is 0 Å². The Bertz CT molecular complexity index is 795. The van der Waals surface area contributed by atoms with E-state index in [0.717, 1.165) is 18.7 Å². The molecule has 1 amide bonds. The maximum atomic E-state index is 12.6. The van der Waals surface area contributed by atoms with Gasteiger partial charge in [-0.3, -0.25) is 9.59 Å². The third-order valence-electron chi connectivity index (χ3n) is 4.32. The fourth-order valence-electron chi connectivity index (χ4n) is 2.93. The second-order valence-corrected chi connectivity index (χ2v) is 5.81. The predicted molar refractivity (Wildman–Crippen MR) is 87.6 cm³/mol. The number of rotatable bonds is 3. The van der Waals surface area contributed by atoms with Crippen LogP contribution in [-0.4, -0.2) is 29.0 Å². The smallest absolute Gasteiger partial charge is 0.242 e. The molecule has 1 aromatic carbocycles. The summed E-state index contributed by atoms with van der Waals surface area (Å²) in [7, 11) is 1.46. The Morgan fingerprint density at radius 2 is 2.00 bits per heavy atom. The first-order chi connectivity index (χ1) is 11.1. The van der Waals surface area contributed by atoms with E-state index in [2.05, 4.69) is 12.1 Å². The van der Waals surface area contributed by atoms with E-state index >= 15 is 0 Å². The van der Waals surface area contributed by atoms with Gasteiger partial charge in [-0.1, -0.05) is 24.3 Å². The molecule has 0 radical (unpaired) electrons. The Balaban J connectivity index is 1.77. The van der Waals surface area contributed by atoms with E-state index in [-0.39, 0.29) is 23.6 Å². The van der Waals surface area contributed by atoms with Crippen molar-refractivity contribution in [2.45, 2.75) is 26.4 Å². The average Bonchev–Trinajstić information content (AvgIpc) is 2.56. The monoisotopic (exact) mass is 312 g/mol. The maximum Gasteiger partial charge on any atom is 0.242 e. The molecule has 2 heterocycles. The van der Waals surface area contributed by atoms with Crippen molar-refractivity contribution in [2.24, 2.45) is 0 Å². The van der Waals surface area contributed by atoms with Gasteiger partial charge in [0.05, 0.1) is 13.3 Å². The number of hydrogen-bond acceptors (Lipinski definition) is 3. The zero-order valence-electron chi connectivity index (χ0n) is 13.4. The molecule has 0 saturated heterocycles. The lowest BCUT2D eigenvalue weighted by Gasteiger charge is -2.29. The fraction of sp³-hybridized carbons (Fsp3) is 0.333. The van der Waals surface area contributed by atoms with Gasteiger partial charge in [0.25, 0.3) is 0 Å². The topological polar surface area (TPSA) is 51.5 Å². The average molecular weight is 312 g/mol. The van der Waals surface area contributed by atoms with E-state index in [1.165, 1.54) is 24.3 Å². The summed E-state index contributed by atoms with van der Waals surface area (Å²) in [6.45, 7) is 3.40. The van der Waals surface area contributed by atoms with Crippen molar-refractivity contribution >= 4 is 5.91 Å². The Morgan fingerprint density at radius 1 is 1.26 bits per heavy atom. The van der Waals surface area contributed by atoms with Gasteiger partial charge < -0.3 is 14.2 Å². The Labute approximate surface area is 135 Å². The predicted octanol–water partition coefficient (Wildman–Crippen LogP) is 1.75. The van der Waals surface area contributed by atoms with Gasteiger partial charge in [-0.05, 0) is 24.5 Å². The van der Waals surface area contributed by atoms with E-state index in [0.29, 0.717) is 6.54 Å². The molecule has 0 aliphatic carbocycles. The first-order valence-corrected chi connectivity index (χ1v) is 7.68. The highest BCUT2D eigenvalue weighted by atomic mass is 16.5. The zero-order valence-corrected chi connectivity index (χ0v) is 13.4. The number of ether oxygens (including phenoxy) is 1. The SMILES string of the molecule is COc1cn(CC(=O)N2CCc3ccccc3C2)c(C)cc1=O. The minimum absolute atomic E-state index is 0.0494. The van der Waals surface area contributed by atoms with E-state index in [4.69, 9.17) is 4.74 Å². The highest BCUT2D eigenvalue weighted by Crippen LogP contribution is 2.19. The van der Waals surface area contributed by atoms with Gasteiger partial charge in [-0.25, -0.2) is 0 Å². The van der Waals surface area contributed by atoms with Gasteiger partial charge in [-0.15, -0.1) is 0 Å². The molecule has 0 saturated carbocycles. The van der Waals surface area contributed by atoms with Crippen LogP contribution in [0.15, 0.2) is 41.3 Å². The first kappa shape index (κ1) is 15.3. The summed E-state index contributed by atoms with van der Waals surface area (Å²) in [6.07, 6.45) is 2.49. The molecule has 1 aliphatic rings. The molecular weight excluding hydrogens is 292 g/mol. The third-order valence-corrected chi connectivity index (χ3v) is 4.32. The minimum atomic E-state index is -0.166. The number of carbonyl (C=O) groups excluding carboxylic acids is 1. The number of aromatic nitrogens is 1. The fourth-order valence-corrected chi connectivity index (χ4v) is 2.93. The van der Waals surface area contributed by atoms with Crippen molar-refractivity contribution in [3.8, 4) is 5.75 Å². The van der Waals surface area contributed by atoms with Gasteiger partial charge in [0.2, 0.25) is 11.3 Å². The van der Waals surface area contributed by atoms with Crippen LogP contribution in [0.5, 0.6) is 5.75 Å². The van der Waals surface area contributed by atoms with Crippen molar-refractivity contribution < 1.29 is 9.53 Å². The lowest BCUT2D eigenvalue weighted by atomic mass is 10.00. The van der Waals surface area contributed by atoms with Crippen molar-refractivity contribution in [1.29, 1.82) is 0 Å². The number of benzene rings is 1. The summed E-state index contributed by atoms with van der Waals surface area (Å²) >= 11 is 0. The van der Waals surface area contributed by atoms with Gasteiger partial charge in [0, 0.05) is 24.8 Å². The molecule has 0 unspecified atom stereocenters. The second kappa shape index (κ2) is 6.28. The number of amides is 1. The van der Waals surface area contributed by atoms with Crippen LogP contribution in [0.2, 0.25) is 0 Å². The van der Waals surface area contributed by atoms with Crippen molar-refractivity contribution in [2.75, 3.05) is 13.7 Å². The number of carbonyl (C=O) groups is 1. The minimum Gasteiger partial charge on any atom is -0.491 e. The molecule has 23 heavy (non-hydrogen) atoms. The molecule has 3 rings (SSSR count). The van der Waals surface area contributed by atoms with Crippen molar-refractivity contribution in [1.82, 2.24) is 9.47 Å². The van der Waals surface area contributed by atoms with E-state index in [1.807, 2.05) is 24.0 Å². The molecule has 1 aliphatic heterocycles. The summed E-state index contributed by atoms with van der Waals surface area (Å²) in [5, 5.41) is 0. The highest BCUT2D eigenvalue weighted by Gasteiger charge is 2.20. The van der Waals surface area contributed by atoms with E-state index in [1.54, 1.807) is 10.8 Å². The van der Waals surface area contributed by atoms with Crippen LogP contribution in [0.4, 0.5) is 0 Å². The lowest BCUT2D eigenvalue weighted by Crippen LogP contribution is -2.38. The third kappa shape index (κ3) is 3.13. The number of fused-ring (bicyclic) bond motifs is 1. The molecule has 5 heteroatoms. The van der Waals surface area contributed by atoms with Crippen LogP contribution in [0, 0.1) is 6.92 Å². The summed E-state index contributed by atoms with van der Waals surface area (Å²) in [5.74, 6) is 0.306. The lowest BCUT2D eigenvalue weighted by molar-refractivity contribution is -0.132. The number of methoxy groups -OCH3 is 1. The summed E-state index contributed by atoms with van der Waals surface area (Å²) in [4.78, 5) is 26.2. The van der Waals surface area contributed by atoms with Crippen LogP contribution < -0.4 is 10.2 Å². The molecule has 2 aromatic rings. The zero-order chi connectivity index (χ0) is 16.4. The number of aryl methyl sites for hydroxylation is 1. The molecule has 5 nitrogen and oxygen atoms in total. The molecule has 1 aromatic heterocycles. The summed E-state index contributed by atoms with van der Waals surface area (Å²) < 4.78 is 6.82. The molecule has 0 fully saturated rings. The van der Waals surface area contributed by atoms with Crippen LogP contribution in [0.25, 0.3) is 0 Å². The largest absolute Gasteiger partial charge is 0.491 e. The highest BCUT2D eigenvalue weighted by molar-refractivity contribution is 5.76. The molecule has 0 N–H and O–H groups in total. The van der Waals surface area contributed by atoms with Gasteiger partial charge >= 0.3 is 0 Å². The molecule has 0 spiro atoms. The number of pyridine rings is 1. The van der Waals surface area contributed by atoms with Gasteiger partial charge in [0.15, 0.2) is 5.75 Å². The molecule has 0 bridgehead atoms. The summed E-state index contributed by atoms with van der Waals surface area (Å²) in [5.41, 5.74) is 3.11.